The van der Waals surface area contributed by atoms with Gasteiger partial charge in [-0.2, -0.15) is 10.2 Å². The summed E-state index contributed by atoms with van der Waals surface area (Å²) < 4.78 is 1.93. The Morgan fingerprint density at radius 3 is 1.42 bits per heavy atom. The van der Waals surface area contributed by atoms with E-state index in [1.807, 2.05) is 48.5 Å². The fourth-order valence-corrected chi connectivity index (χ4v) is 2.32. The third kappa shape index (κ3) is 7.71. The van der Waals surface area contributed by atoms with E-state index in [9.17, 15) is 9.59 Å². The Morgan fingerprint density at radius 2 is 1.08 bits per heavy atom. The zero-order valence-corrected chi connectivity index (χ0v) is 16.8. The summed E-state index contributed by atoms with van der Waals surface area (Å²) in [4.78, 5) is 23.3. The molecule has 0 atom stereocenters. The third-order valence-electron chi connectivity index (χ3n) is 3.12. The molecule has 2 N–H and O–H groups in total. The van der Waals surface area contributed by atoms with Crippen molar-refractivity contribution in [2.24, 2.45) is 10.2 Å². The van der Waals surface area contributed by atoms with E-state index in [1.54, 1.807) is 0 Å². The van der Waals surface area contributed by atoms with Gasteiger partial charge in [-0.15, -0.1) is 0 Å². The van der Waals surface area contributed by atoms with E-state index >= 15 is 0 Å². The van der Waals surface area contributed by atoms with Gasteiger partial charge in [-0.3, -0.25) is 9.59 Å². The Balaban J connectivity index is 1.67. The maximum atomic E-state index is 11.7. The van der Waals surface area contributed by atoms with Crippen molar-refractivity contribution in [2.75, 3.05) is 0 Å². The summed E-state index contributed by atoms with van der Waals surface area (Å²) in [6.07, 6.45) is 3.12. The van der Waals surface area contributed by atoms with Gasteiger partial charge in [-0.25, -0.2) is 10.9 Å². The van der Waals surface area contributed by atoms with Crippen LogP contribution < -0.4 is 10.9 Å². The van der Waals surface area contributed by atoms with Crippen molar-refractivity contribution in [1.82, 2.24) is 10.9 Å². The van der Waals surface area contributed by atoms with Crippen LogP contribution in [0, 0.1) is 0 Å². The minimum Gasteiger partial charge on any atom is -0.273 e. The van der Waals surface area contributed by atoms with Crippen LogP contribution in [0.2, 0.25) is 0 Å². The molecule has 0 saturated carbocycles. The van der Waals surface area contributed by atoms with Gasteiger partial charge in [0.2, 0.25) is 11.8 Å². The lowest BCUT2D eigenvalue weighted by Gasteiger charge is -2.00. The Morgan fingerprint density at radius 1 is 0.731 bits per heavy atom. The Labute approximate surface area is 168 Å². The van der Waals surface area contributed by atoms with E-state index < -0.39 is 0 Å². The number of hydrogen-bond donors (Lipinski definition) is 2. The number of halogens is 2. The zero-order valence-electron chi connectivity index (χ0n) is 13.7. The minimum atomic E-state index is -0.342. The van der Waals surface area contributed by atoms with Crippen LogP contribution in [-0.2, 0) is 9.59 Å². The third-order valence-corrected chi connectivity index (χ3v) is 4.18. The normalized spacial score (nSPS) is 11.0. The number of carbonyl (C=O) groups excluding carboxylic acids is 2. The first-order valence-electron chi connectivity index (χ1n) is 7.68. The zero-order chi connectivity index (χ0) is 18.8. The van der Waals surface area contributed by atoms with Gasteiger partial charge >= 0.3 is 0 Å². The predicted octanol–water partition coefficient (Wildman–Crippen LogP) is 3.59. The summed E-state index contributed by atoms with van der Waals surface area (Å²) in [5, 5.41) is 7.71. The maximum Gasteiger partial charge on any atom is 0.240 e. The molecule has 0 aliphatic rings. The van der Waals surface area contributed by atoms with Crippen molar-refractivity contribution in [3.63, 3.8) is 0 Å². The van der Waals surface area contributed by atoms with Crippen molar-refractivity contribution in [1.29, 1.82) is 0 Å². The first-order chi connectivity index (χ1) is 12.5. The van der Waals surface area contributed by atoms with Crippen LogP contribution in [0.5, 0.6) is 0 Å². The van der Waals surface area contributed by atoms with Crippen LogP contribution in [-0.4, -0.2) is 24.2 Å². The Bertz CT molecular complexity index is 733. The maximum absolute atomic E-state index is 11.7. The minimum absolute atomic E-state index is 0.0251. The van der Waals surface area contributed by atoms with Gasteiger partial charge in [-0.1, -0.05) is 56.1 Å². The number of carbonyl (C=O) groups is 2. The summed E-state index contributed by atoms with van der Waals surface area (Å²) in [6.45, 7) is 0. The van der Waals surface area contributed by atoms with Gasteiger partial charge in [0.25, 0.3) is 0 Å². The van der Waals surface area contributed by atoms with Crippen molar-refractivity contribution in [3.05, 3.63) is 68.6 Å². The molecule has 0 spiro atoms. The molecule has 26 heavy (non-hydrogen) atoms. The van der Waals surface area contributed by atoms with E-state index in [0.717, 1.165) is 20.1 Å². The number of benzene rings is 2. The molecule has 0 bridgehead atoms. The summed E-state index contributed by atoms with van der Waals surface area (Å²) in [5.41, 5.74) is 6.48. The average Bonchev–Trinajstić information content (AvgIpc) is 2.63. The van der Waals surface area contributed by atoms with Crippen molar-refractivity contribution < 1.29 is 9.59 Å². The lowest BCUT2D eigenvalue weighted by molar-refractivity contribution is -0.126. The average molecular weight is 480 g/mol. The first kappa shape index (κ1) is 20.0. The monoisotopic (exact) mass is 478 g/mol. The predicted molar refractivity (Wildman–Crippen MR) is 109 cm³/mol. The van der Waals surface area contributed by atoms with E-state index in [-0.39, 0.29) is 24.7 Å². The molecule has 2 amide bonds. The molecule has 2 aromatic carbocycles. The summed E-state index contributed by atoms with van der Waals surface area (Å²) >= 11 is 6.68. The van der Waals surface area contributed by atoms with Crippen LogP contribution in [0.15, 0.2) is 67.7 Å². The van der Waals surface area contributed by atoms with Crippen molar-refractivity contribution >= 4 is 56.1 Å². The molecule has 134 valence electrons. The lowest BCUT2D eigenvalue weighted by atomic mass is 10.2. The highest BCUT2D eigenvalue weighted by molar-refractivity contribution is 9.10. The molecular weight excluding hydrogens is 464 g/mol. The molecule has 0 fully saturated rings. The van der Waals surface area contributed by atoms with Crippen molar-refractivity contribution in [3.8, 4) is 0 Å². The number of nitrogens with one attached hydrogen (secondary N) is 2. The summed E-state index contributed by atoms with van der Waals surface area (Å²) in [6, 6.07) is 14.9. The molecular formula is C18H16Br2N4O2. The summed E-state index contributed by atoms with van der Waals surface area (Å²) in [7, 11) is 0. The van der Waals surface area contributed by atoms with Gasteiger partial charge < -0.3 is 0 Å². The van der Waals surface area contributed by atoms with E-state index in [0.29, 0.717) is 0 Å². The second-order valence-electron chi connectivity index (χ2n) is 5.19. The second-order valence-corrected chi connectivity index (χ2v) is 7.02. The van der Waals surface area contributed by atoms with Gasteiger partial charge in [0, 0.05) is 21.8 Å². The van der Waals surface area contributed by atoms with Crippen LogP contribution >= 0.6 is 31.9 Å². The Hall–Kier alpha value is -2.32. The fraction of sp³-hybridized carbons (Fsp3) is 0.111. The summed E-state index contributed by atoms with van der Waals surface area (Å²) in [5.74, 6) is -0.684. The molecule has 0 saturated heterocycles. The molecule has 0 heterocycles. The Kier molecular flexibility index (Phi) is 8.17. The van der Waals surface area contributed by atoms with Gasteiger partial charge in [0.05, 0.1) is 12.4 Å². The number of amides is 2. The van der Waals surface area contributed by atoms with Gasteiger partial charge in [0.15, 0.2) is 0 Å². The van der Waals surface area contributed by atoms with E-state index in [4.69, 9.17) is 0 Å². The number of hydrogen-bond acceptors (Lipinski definition) is 4. The molecule has 6 nitrogen and oxygen atoms in total. The molecule has 8 heteroatoms. The SMILES string of the molecule is O=C(CCC(=O)N/N=C/c1ccc(Br)cc1)N/N=C\c1ccc(Br)cc1. The van der Waals surface area contributed by atoms with Crippen LogP contribution in [0.1, 0.15) is 24.0 Å². The van der Waals surface area contributed by atoms with Gasteiger partial charge in [-0.05, 0) is 35.4 Å². The molecule has 2 aromatic rings. The highest BCUT2D eigenvalue weighted by atomic mass is 79.9. The van der Waals surface area contributed by atoms with Crippen molar-refractivity contribution in [2.45, 2.75) is 12.8 Å². The second kappa shape index (κ2) is 10.6. The van der Waals surface area contributed by atoms with E-state index in [2.05, 4.69) is 52.9 Å². The molecule has 0 aliphatic carbocycles. The number of nitrogens with zero attached hydrogens (tertiary/aromatic N) is 2. The molecule has 0 radical (unpaired) electrons. The number of rotatable bonds is 7. The van der Waals surface area contributed by atoms with E-state index in [1.165, 1.54) is 12.4 Å². The molecule has 0 aromatic heterocycles. The fourth-order valence-electron chi connectivity index (χ4n) is 1.79. The molecule has 0 unspecified atom stereocenters. The molecule has 2 rings (SSSR count). The first-order valence-corrected chi connectivity index (χ1v) is 9.26. The van der Waals surface area contributed by atoms with Crippen LogP contribution in [0.3, 0.4) is 0 Å². The smallest absolute Gasteiger partial charge is 0.240 e. The lowest BCUT2D eigenvalue weighted by Crippen LogP contribution is -2.22. The largest absolute Gasteiger partial charge is 0.273 e. The quantitative estimate of drug-likeness (QED) is 0.469. The highest BCUT2D eigenvalue weighted by Gasteiger charge is 2.05. The molecule has 0 aliphatic heterocycles. The topological polar surface area (TPSA) is 82.9 Å². The highest BCUT2D eigenvalue weighted by Crippen LogP contribution is 2.09. The standard InChI is InChI=1S/C18H16Br2N4O2/c19-15-5-1-13(2-6-15)11-21-23-17(25)9-10-18(26)24-22-12-14-3-7-16(20)8-4-14/h1-8,11-12H,9-10H2,(H,23,25)(H,24,26)/b21-11-,22-12+. The van der Waals surface area contributed by atoms with Crippen LogP contribution in [0.4, 0.5) is 0 Å². The van der Waals surface area contributed by atoms with Gasteiger partial charge in [0.1, 0.15) is 0 Å². The van der Waals surface area contributed by atoms with Crippen LogP contribution in [0.25, 0.3) is 0 Å². The number of hydrazone groups is 2.